The molecule has 0 amide bonds. The van der Waals surface area contributed by atoms with Crippen molar-refractivity contribution < 1.29 is 59.1 Å². The number of carbonyl (C=O) groups is 1. The summed E-state index contributed by atoms with van der Waals surface area (Å²) in [6.45, 7) is 0. The van der Waals surface area contributed by atoms with Crippen LogP contribution in [0, 0.1) is 5.82 Å². The van der Waals surface area contributed by atoms with Crippen LogP contribution in [0.5, 0.6) is 51.7 Å². The number of benzene rings is 3. The molecule has 7 N–H and O–H groups in total. The predicted molar refractivity (Wildman–Crippen MR) is 114 cm³/mol. The van der Waals surface area contributed by atoms with Crippen LogP contribution < -0.4 is 9.47 Å². The number of rotatable bonds is 4. The number of esters is 1. The van der Waals surface area contributed by atoms with E-state index in [1.54, 1.807) is 0 Å². The van der Waals surface area contributed by atoms with E-state index in [0.29, 0.717) is 0 Å². The summed E-state index contributed by atoms with van der Waals surface area (Å²) in [5, 5.41) is 69.1. The molecule has 0 radical (unpaired) electrons. The molecule has 0 spiro atoms. The maximum atomic E-state index is 14.5. The van der Waals surface area contributed by atoms with Crippen molar-refractivity contribution in [2.24, 2.45) is 0 Å². The molecular formula is C23H19FO11. The average molecular weight is 490 g/mol. The van der Waals surface area contributed by atoms with Crippen LogP contribution in [0.15, 0.2) is 30.3 Å². The number of methoxy groups -OCH3 is 1. The van der Waals surface area contributed by atoms with Gasteiger partial charge in [0.1, 0.15) is 28.9 Å². The van der Waals surface area contributed by atoms with Gasteiger partial charge < -0.3 is 50.0 Å². The molecule has 11 nitrogen and oxygen atoms in total. The number of phenols is 7. The Hall–Kier alpha value is -4.74. The number of halogens is 1. The molecule has 0 aliphatic carbocycles. The Kier molecular flexibility index (Phi) is 5.73. The van der Waals surface area contributed by atoms with Gasteiger partial charge in [-0.05, 0) is 12.1 Å². The lowest BCUT2D eigenvalue weighted by Crippen LogP contribution is -2.35. The molecule has 2 atom stereocenters. The van der Waals surface area contributed by atoms with Crippen molar-refractivity contribution in [2.45, 2.75) is 18.6 Å². The Morgan fingerprint density at radius 1 is 0.914 bits per heavy atom. The van der Waals surface area contributed by atoms with Crippen LogP contribution in [-0.4, -0.2) is 54.9 Å². The second kappa shape index (κ2) is 8.56. The van der Waals surface area contributed by atoms with Gasteiger partial charge in [0.2, 0.25) is 5.75 Å². The Balaban J connectivity index is 1.77. The standard InChI is InChI=1S/C23H19FO11/c1-33-16-7-11(18(24)21(31)20(16)30)23(32)35-17-6-10-12(26)4-9(25)5-15(10)34-22(17)8-2-13(27)19(29)14(28)3-8/h2-5,7,17,22,25-31H,6H2,1H3/t17?,22-/m1/s1. The molecule has 0 bridgehead atoms. The highest BCUT2D eigenvalue weighted by molar-refractivity contribution is 5.91. The number of ether oxygens (including phenoxy) is 3. The molecule has 12 heteroatoms. The minimum atomic E-state index is -1.48. The summed E-state index contributed by atoms with van der Waals surface area (Å²) >= 11 is 0. The highest BCUT2D eigenvalue weighted by Gasteiger charge is 2.38. The van der Waals surface area contributed by atoms with Crippen molar-refractivity contribution in [3.8, 4) is 51.7 Å². The molecule has 0 saturated carbocycles. The van der Waals surface area contributed by atoms with Crippen molar-refractivity contribution in [1.82, 2.24) is 0 Å². The van der Waals surface area contributed by atoms with Crippen molar-refractivity contribution in [1.29, 1.82) is 0 Å². The maximum absolute atomic E-state index is 14.5. The van der Waals surface area contributed by atoms with Crippen LogP contribution in [0.3, 0.4) is 0 Å². The van der Waals surface area contributed by atoms with Crippen molar-refractivity contribution in [3.63, 3.8) is 0 Å². The zero-order valence-corrected chi connectivity index (χ0v) is 17.9. The highest BCUT2D eigenvalue weighted by atomic mass is 19.1. The van der Waals surface area contributed by atoms with E-state index >= 15 is 0 Å². The third-order valence-electron chi connectivity index (χ3n) is 5.46. The van der Waals surface area contributed by atoms with Crippen LogP contribution in [0.4, 0.5) is 4.39 Å². The lowest BCUT2D eigenvalue weighted by atomic mass is 9.93. The lowest BCUT2D eigenvalue weighted by Gasteiger charge is -2.34. The number of hydrogen-bond donors (Lipinski definition) is 7. The quantitative estimate of drug-likeness (QED) is 0.210. The first-order valence-electron chi connectivity index (χ1n) is 9.97. The van der Waals surface area contributed by atoms with E-state index < -0.39 is 64.1 Å². The van der Waals surface area contributed by atoms with Gasteiger partial charge in [0, 0.05) is 35.7 Å². The number of phenolic OH excluding ortho intramolecular Hbond substituents is 7. The predicted octanol–water partition coefficient (Wildman–Crippen LogP) is 2.68. The van der Waals surface area contributed by atoms with E-state index in [1.807, 2.05) is 0 Å². The fourth-order valence-electron chi connectivity index (χ4n) is 3.74. The molecule has 0 saturated heterocycles. The Morgan fingerprint density at radius 2 is 1.57 bits per heavy atom. The van der Waals surface area contributed by atoms with E-state index in [4.69, 9.17) is 14.2 Å². The zero-order valence-electron chi connectivity index (χ0n) is 17.9. The first-order chi connectivity index (χ1) is 16.5. The van der Waals surface area contributed by atoms with E-state index in [-0.39, 0.29) is 34.8 Å². The summed E-state index contributed by atoms with van der Waals surface area (Å²) in [7, 11) is 1.12. The molecule has 184 valence electrons. The third kappa shape index (κ3) is 4.05. The molecule has 1 aliphatic rings. The molecule has 0 fully saturated rings. The summed E-state index contributed by atoms with van der Waals surface area (Å²) in [5.41, 5.74) is -0.626. The van der Waals surface area contributed by atoms with Gasteiger partial charge in [0.25, 0.3) is 0 Å². The van der Waals surface area contributed by atoms with E-state index in [1.165, 1.54) is 6.07 Å². The summed E-state index contributed by atoms with van der Waals surface area (Å²) in [5.74, 6) is -8.28. The SMILES string of the molecule is COc1cc(C(=O)OC2Cc3c(O)cc(O)cc3O[C@@H]2c2cc(O)c(O)c(O)c2)c(F)c(O)c1O. The number of aromatic hydroxyl groups is 7. The van der Waals surface area contributed by atoms with Crippen LogP contribution in [-0.2, 0) is 11.2 Å². The smallest absolute Gasteiger partial charge is 0.341 e. The first kappa shape index (κ1) is 23.4. The van der Waals surface area contributed by atoms with Crippen LogP contribution >= 0.6 is 0 Å². The fourth-order valence-corrected chi connectivity index (χ4v) is 3.74. The van der Waals surface area contributed by atoms with Crippen molar-refractivity contribution >= 4 is 5.97 Å². The van der Waals surface area contributed by atoms with Crippen LogP contribution in [0.1, 0.15) is 27.6 Å². The average Bonchev–Trinajstić information content (AvgIpc) is 2.80. The van der Waals surface area contributed by atoms with Gasteiger partial charge in [-0.2, -0.15) is 0 Å². The van der Waals surface area contributed by atoms with Crippen molar-refractivity contribution in [3.05, 3.63) is 52.8 Å². The number of hydrogen-bond acceptors (Lipinski definition) is 11. The molecule has 35 heavy (non-hydrogen) atoms. The zero-order chi connectivity index (χ0) is 25.6. The van der Waals surface area contributed by atoms with Gasteiger partial charge >= 0.3 is 5.97 Å². The molecule has 3 aromatic carbocycles. The molecular weight excluding hydrogens is 471 g/mol. The lowest BCUT2D eigenvalue weighted by molar-refractivity contribution is -0.0193. The Bertz CT molecular complexity index is 1310. The van der Waals surface area contributed by atoms with Gasteiger partial charge in [-0.3, -0.25) is 0 Å². The molecule has 4 rings (SSSR count). The van der Waals surface area contributed by atoms with Gasteiger partial charge in [-0.1, -0.05) is 0 Å². The highest BCUT2D eigenvalue weighted by Crippen LogP contribution is 2.46. The second-order valence-electron chi connectivity index (χ2n) is 7.67. The van der Waals surface area contributed by atoms with Gasteiger partial charge in [-0.25, -0.2) is 9.18 Å². The second-order valence-corrected chi connectivity index (χ2v) is 7.67. The largest absolute Gasteiger partial charge is 0.508 e. The van der Waals surface area contributed by atoms with Crippen LogP contribution in [0.25, 0.3) is 0 Å². The summed E-state index contributed by atoms with van der Waals surface area (Å²) in [6, 6.07) is 5.09. The maximum Gasteiger partial charge on any atom is 0.341 e. The third-order valence-corrected chi connectivity index (χ3v) is 5.46. The van der Waals surface area contributed by atoms with E-state index in [0.717, 1.165) is 31.4 Å². The van der Waals surface area contributed by atoms with Gasteiger partial charge in [0.15, 0.2) is 40.7 Å². The normalized spacial score (nSPS) is 16.7. The number of carbonyl (C=O) groups excluding carboxylic acids is 1. The number of fused-ring (bicyclic) bond motifs is 1. The first-order valence-corrected chi connectivity index (χ1v) is 9.97. The minimum Gasteiger partial charge on any atom is -0.508 e. The van der Waals surface area contributed by atoms with E-state index in [2.05, 4.69) is 0 Å². The summed E-state index contributed by atoms with van der Waals surface area (Å²) in [6.07, 6.45) is -2.81. The van der Waals surface area contributed by atoms with E-state index in [9.17, 15) is 44.9 Å². The summed E-state index contributed by atoms with van der Waals surface area (Å²) < 4.78 is 30.6. The molecule has 1 aliphatic heterocycles. The Labute approximate surface area is 196 Å². The van der Waals surface area contributed by atoms with Crippen LogP contribution in [0.2, 0.25) is 0 Å². The minimum absolute atomic E-state index is 0.00183. The summed E-state index contributed by atoms with van der Waals surface area (Å²) in [4.78, 5) is 12.9. The molecule has 0 aromatic heterocycles. The van der Waals surface area contributed by atoms with Gasteiger partial charge in [-0.15, -0.1) is 0 Å². The van der Waals surface area contributed by atoms with Crippen molar-refractivity contribution in [2.75, 3.05) is 7.11 Å². The molecule has 3 aromatic rings. The fraction of sp³-hybridized carbons (Fsp3) is 0.174. The van der Waals surface area contributed by atoms with Gasteiger partial charge in [0.05, 0.1) is 7.11 Å². The Morgan fingerprint density at radius 3 is 2.20 bits per heavy atom. The molecule has 1 unspecified atom stereocenters. The monoisotopic (exact) mass is 490 g/mol. The topological polar surface area (TPSA) is 186 Å². The molecule has 1 heterocycles.